The summed E-state index contributed by atoms with van der Waals surface area (Å²) in [4.78, 5) is 11.7. The first kappa shape index (κ1) is 13.9. The molecule has 2 nitrogen and oxygen atoms in total. The number of hydrogen-bond acceptors (Lipinski definition) is 3. The summed E-state index contributed by atoms with van der Waals surface area (Å²) in [6.45, 7) is 2.23. The highest BCUT2D eigenvalue weighted by Crippen LogP contribution is 2.30. The molecule has 100 valence electrons. The van der Waals surface area contributed by atoms with Crippen LogP contribution in [0.4, 0.5) is 0 Å². The van der Waals surface area contributed by atoms with E-state index in [1.807, 2.05) is 36.4 Å². The number of rotatable bonds is 6. The Morgan fingerprint density at radius 2 is 2.00 bits per heavy atom. The summed E-state index contributed by atoms with van der Waals surface area (Å²) < 4.78 is 5.88. The molecular weight excluding hydrogens is 256 g/mol. The van der Waals surface area contributed by atoms with E-state index >= 15 is 0 Å². The summed E-state index contributed by atoms with van der Waals surface area (Å²) in [5.41, 5.74) is 0.669. The lowest BCUT2D eigenvalue weighted by Gasteiger charge is -2.12. The zero-order valence-electron chi connectivity index (χ0n) is 11.3. The summed E-state index contributed by atoms with van der Waals surface area (Å²) in [7, 11) is 0. The highest BCUT2D eigenvalue weighted by Gasteiger charge is 2.12. The van der Waals surface area contributed by atoms with Crippen molar-refractivity contribution in [3.05, 3.63) is 42.0 Å². The van der Waals surface area contributed by atoms with Crippen LogP contribution in [0, 0.1) is 0 Å². The van der Waals surface area contributed by atoms with Gasteiger partial charge in [0, 0.05) is 5.39 Å². The van der Waals surface area contributed by atoms with E-state index in [1.165, 1.54) is 0 Å². The molecule has 0 spiro atoms. The van der Waals surface area contributed by atoms with E-state index in [0.29, 0.717) is 12.2 Å². The Bertz CT molecular complexity index is 578. The zero-order chi connectivity index (χ0) is 13.7. The van der Waals surface area contributed by atoms with Gasteiger partial charge < -0.3 is 4.74 Å². The van der Waals surface area contributed by atoms with Crippen LogP contribution in [0.15, 0.2) is 36.4 Å². The lowest BCUT2D eigenvalue weighted by Crippen LogP contribution is -2.04. The second-order valence-electron chi connectivity index (χ2n) is 4.41. The van der Waals surface area contributed by atoms with E-state index in [2.05, 4.69) is 6.26 Å². The van der Waals surface area contributed by atoms with E-state index in [9.17, 15) is 4.79 Å². The van der Waals surface area contributed by atoms with Crippen molar-refractivity contribution in [2.24, 2.45) is 0 Å². The first-order valence-corrected chi connectivity index (χ1v) is 7.78. The van der Waals surface area contributed by atoms with Crippen molar-refractivity contribution >= 4 is 28.3 Å². The molecule has 0 saturated carbocycles. The number of carbonyl (C=O) groups excluding carboxylic acids is 1. The molecule has 0 aromatic heterocycles. The Kier molecular flexibility index (Phi) is 4.86. The molecule has 0 N–H and O–H groups in total. The average Bonchev–Trinajstić information content (AvgIpc) is 2.43. The first-order valence-electron chi connectivity index (χ1n) is 6.38. The van der Waals surface area contributed by atoms with E-state index in [-0.39, 0.29) is 5.78 Å². The van der Waals surface area contributed by atoms with Gasteiger partial charge in [-0.15, -0.1) is 0 Å². The molecule has 2 rings (SSSR count). The third kappa shape index (κ3) is 3.29. The van der Waals surface area contributed by atoms with Crippen LogP contribution in [0.25, 0.3) is 10.8 Å². The summed E-state index contributed by atoms with van der Waals surface area (Å²) >= 11 is 1.80. The monoisotopic (exact) mass is 274 g/mol. The number of thioether (sulfide) groups is 1. The molecule has 0 aliphatic heterocycles. The molecule has 2 aromatic rings. The topological polar surface area (TPSA) is 26.3 Å². The summed E-state index contributed by atoms with van der Waals surface area (Å²) in [5.74, 6) is 1.84. The van der Waals surface area contributed by atoms with Crippen molar-refractivity contribution in [1.29, 1.82) is 0 Å². The van der Waals surface area contributed by atoms with E-state index in [1.54, 1.807) is 18.7 Å². The van der Waals surface area contributed by atoms with Crippen LogP contribution >= 0.6 is 11.8 Å². The van der Waals surface area contributed by atoms with Crippen molar-refractivity contribution in [2.45, 2.75) is 13.3 Å². The fourth-order valence-electron chi connectivity index (χ4n) is 2.05. The molecule has 0 bridgehead atoms. The van der Waals surface area contributed by atoms with Crippen LogP contribution in [0.2, 0.25) is 0 Å². The van der Waals surface area contributed by atoms with Gasteiger partial charge in [0.05, 0.1) is 12.2 Å². The highest BCUT2D eigenvalue weighted by atomic mass is 32.2. The number of hydrogen-bond donors (Lipinski definition) is 0. The van der Waals surface area contributed by atoms with Gasteiger partial charge >= 0.3 is 0 Å². The predicted molar refractivity (Wildman–Crippen MR) is 82.4 cm³/mol. The molecule has 2 aromatic carbocycles. The third-order valence-electron chi connectivity index (χ3n) is 3.00. The number of ketones is 1. The lowest BCUT2D eigenvalue weighted by atomic mass is 10.0. The summed E-state index contributed by atoms with van der Waals surface area (Å²) in [6, 6.07) is 11.8. The van der Waals surface area contributed by atoms with Gasteiger partial charge in [-0.05, 0) is 36.8 Å². The quantitative estimate of drug-likeness (QED) is 0.584. The smallest absolute Gasteiger partial charge is 0.163 e. The maximum Gasteiger partial charge on any atom is 0.163 e. The fourth-order valence-corrected chi connectivity index (χ4v) is 2.46. The molecule has 19 heavy (non-hydrogen) atoms. The Balaban J connectivity index is 2.35. The number of Topliss-reactive ketones (excluding diaryl/α,β-unsaturated/α-hetero) is 1. The van der Waals surface area contributed by atoms with Gasteiger partial charge in [0.2, 0.25) is 0 Å². The molecule has 0 aliphatic rings. The molecule has 0 aliphatic carbocycles. The molecule has 0 heterocycles. The minimum atomic E-state index is 0.0469. The summed E-state index contributed by atoms with van der Waals surface area (Å²) in [5, 5.41) is 2.12. The van der Waals surface area contributed by atoms with Crippen LogP contribution in [-0.2, 0) is 0 Å². The summed E-state index contributed by atoms with van der Waals surface area (Å²) in [6.07, 6.45) is 3.07. The van der Waals surface area contributed by atoms with Crippen molar-refractivity contribution in [3.63, 3.8) is 0 Å². The van der Waals surface area contributed by atoms with Crippen molar-refractivity contribution < 1.29 is 9.53 Å². The molecule has 3 heteroatoms. The normalized spacial score (nSPS) is 10.6. The van der Waals surface area contributed by atoms with Gasteiger partial charge in [0.15, 0.2) is 5.78 Å². The molecular formula is C16H18O2S. The zero-order valence-corrected chi connectivity index (χ0v) is 12.1. The van der Waals surface area contributed by atoms with Crippen LogP contribution in [-0.4, -0.2) is 24.4 Å². The van der Waals surface area contributed by atoms with Gasteiger partial charge in [0.1, 0.15) is 5.75 Å². The minimum Gasteiger partial charge on any atom is -0.492 e. The van der Waals surface area contributed by atoms with E-state index in [0.717, 1.165) is 28.7 Å². The van der Waals surface area contributed by atoms with Crippen molar-refractivity contribution in [2.75, 3.05) is 18.6 Å². The first-order chi connectivity index (χ1) is 9.24. The second-order valence-corrected chi connectivity index (χ2v) is 5.40. The van der Waals surface area contributed by atoms with Gasteiger partial charge in [-0.3, -0.25) is 4.79 Å². The largest absolute Gasteiger partial charge is 0.492 e. The van der Waals surface area contributed by atoms with Crippen LogP contribution in [0.3, 0.4) is 0 Å². The van der Waals surface area contributed by atoms with Crippen LogP contribution in [0.1, 0.15) is 23.7 Å². The van der Waals surface area contributed by atoms with Crippen molar-refractivity contribution in [3.8, 4) is 5.75 Å². The molecule has 0 fully saturated rings. The van der Waals surface area contributed by atoms with Crippen molar-refractivity contribution in [1.82, 2.24) is 0 Å². The number of carbonyl (C=O) groups is 1. The van der Waals surface area contributed by atoms with E-state index < -0.39 is 0 Å². The molecule has 0 radical (unpaired) electrons. The minimum absolute atomic E-state index is 0.0469. The SMILES string of the molecule is CSCCCOc1c(C(C)=O)ccc2ccccc12. The third-order valence-corrected chi connectivity index (χ3v) is 3.70. The lowest BCUT2D eigenvalue weighted by molar-refractivity contribution is 0.101. The number of benzene rings is 2. The number of fused-ring (bicyclic) bond motifs is 1. The van der Waals surface area contributed by atoms with Crippen LogP contribution in [0.5, 0.6) is 5.75 Å². The Labute approximate surface area is 118 Å². The van der Waals surface area contributed by atoms with Gasteiger partial charge in [-0.25, -0.2) is 0 Å². The molecule has 0 unspecified atom stereocenters. The predicted octanol–water partition coefficient (Wildman–Crippen LogP) is 4.17. The standard InChI is InChI=1S/C16H18O2S/c1-12(17)14-9-8-13-6-3-4-7-15(13)16(14)18-10-5-11-19-2/h3-4,6-9H,5,10-11H2,1-2H3. The Morgan fingerprint density at radius 1 is 1.21 bits per heavy atom. The molecule has 0 saturated heterocycles. The average molecular weight is 274 g/mol. The fraction of sp³-hybridized carbons (Fsp3) is 0.312. The maximum absolute atomic E-state index is 11.7. The Morgan fingerprint density at radius 3 is 2.74 bits per heavy atom. The van der Waals surface area contributed by atoms with Gasteiger partial charge in [-0.2, -0.15) is 11.8 Å². The second kappa shape index (κ2) is 6.62. The maximum atomic E-state index is 11.7. The number of ether oxygens (including phenoxy) is 1. The van der Waals surface area contributed by atoms with Crippen LogP contribution < -0.4 is 4.74 Å². The Hall–Kier alpha value is -1.48. The molecule has 0 amide bonds. The molecule has 0 atom stereocenters. The highest BCUT2D eigenvalue weighted by molar-refractivity contribution is 7.98. The van der Waals surface area contributed by atoms with E-state index in [4.69, 9.17) is 4.74 Å². The van der Waals surface area contributed by atoms with Gasteiger partial charge in [-0.1, -0.05) is 30.3 Å². The van der Waals surface area contributed by atoms with Gasteiger partial charge in [0.25, 0.3) is 0 Å².